The Hall–Kier alpha value is -1.65. The van der Waals surface area contributed by atoms with Crippen LogP contribution in [0.4, 0.5) is 13.2 Å². The van der Waals surface area contributed by atoms with Gasteiger partial charge >= 0.3 is 12.1 Å². The Labute approximate surface area is 172 Å². The second-order valence-corrected chi connectivity index (χ2v) is 8.43. The summed E-state index contributed by atoms with van der Waals surface area (Å²) in [5.41, 5.74) is 0.135. The molecule has 164 valence electrons. The number of carbonyl (C=O) groups is 2. The average molecular weight is 436 g/mol. The van der Waals surface area contributed by atoms with Crippen molar-refractivity contribution in [2.45, 2.75) is 32.4 Å². The lowest BCUT2D eigenvalue weighted by atomic mass is 9.80. The summed E-state index contributed by atoms with van der Waals surface area (Å²) >= 11 is 1.67. The summed E-state index contributed by atoms with van der Waals surface area (Å²) in [5, 5.41) is 9.17. The number of piperidine rings is 1. The number of hydrogen-bond donors (Lipinski definition) is 1. The first-order chi connectivity index (χ1) is 13.6. The highest BCUT2D eigenvalue weighted by Gasteiger charge is 2.40. The second kappa shape index (κ2) is 10.4. The van der Waals surface area contributed by atoms with Crippen LogP contribution in [0, 0.1) is 5.41 Å². The van der Waals surface area contributed by atoms with Crippen molar-refractivity contribution in [1.82, 2.24) is 9.80 Å². The maximum absolute atomic E-state index is 12.6. The zero-order valence-corrected chi connectivity index (χ0v) is 17.2. The van der Waals surface area contributed by atoms with Crippen molar-refractivity contribution < 1.29 is 32.6 Å². The van der Waals surface area contributed by atoms with Gasteiger partial charge in [0.05, 0.1) is 19.6 Å². The molecule has 1 aromatic rings. The Balaban J connectivity index is 0.000000370. The monoisotopic (exact) mass is 436 g/mol. The molecular weight excluding hydrogens is 409 g/mol. The predicted octanol–water partition coefficient (Wildman–Crippen LogP) is 2.88. The summed E-state index contributed by atoms with van der Waals surface area (Å²) in [4.78, 5) is 27.2. The summed E-state index contributed by atoms with van der Waals surface area (Å²) in [7, 11) is 0. The molecule has 0 aromatic carbocycles. The van der Waals surface area contributed by atoms with Crippen molar-refractivity contribution in [3.05, 3.63) is 22.4 Å². The van der Waals surface area contributed by atoms with Crippen LogP contribution < -0.4 is 0 Å². The van der Waals surface area contributed by atoms with Crippen molar-refractivity contribution in [1.29, 1.82) is 0 Å². The molecule has 2 fully saturated rings. The van der Waals surface area contributed by atoms with Gasteiger partial charge in [0.25, 0.3) is 0 Å². The van der Waals surface area contributed by atoms with Crippen LogP contribution in [-0.2, 0) is 20.7 Å². The highest BCUT2D eigenvalue weighted by atomic mass is 32.1. The van der Waals surface area contributed by atoms with Gasteiger partial charge in [-0.1, -0.05) is 13.0 Å². The maximum atomic E-state index is 12.6. The third-order valence-corrected chi connectivity index (χ3v) is 6.00. The van der Waals surface area contributed by atoms with E-state index in [1.807, 2.05) is 11.4 Å². The van der Waals surface area contributed by atoms with Crippen LogP contribution in [0.2, 0.25) is 0 Å². The number of carbonyl (C=O) groups excluding carboxylic acids is 1. The lowest BCUT2D eigenvalue weighted by Gasteiger charge is -2.43. The van der Waals surface area contributed by atoms with Gasteiger partial charge in [-0.05, 0) is 30.8 Å². The number of thiophene rings is 1. The van der Waals surface area contributed by atoms with E-state index >= 15 is 0 Å². The lowest BCUT2D eigenvalue weighted by Crippen LogP contribution is -2.52. The number of likely N-dealkylation sites (tertiary alicyclic amines) is 1. The number of carboxylic acids is 1. The number of likely N-dealkylation sites (N-methyl/N-ethyl adjacent to an activating group) is 1. The summed E-state index contributed by atoms with van der Waals surface area (Å²) < 4.78 is 37.6. The fraction of sp³-hybridized carbons (Fsp3) is 0.684. The molecule has 10 heteroatoms. The van der Waals surface area contributed by atoms with Gasteiger partial charge < -0.3 is 19.6 Å². The molecule has 3 heterocycles. The minimum absolute atomic E-state index is 0.135. The number of aliphatic carboxylic acids is 1. The first-order valence-electron chi connectivity index (χ1n) is 9.55. The van der Waals surface area contributed by atoms with Crippen LogP contribution in [0.3, 0.4) is 0 Å². The van der Waals surface area contributed by atoms with Gasteiger partial charge in [0.1, 0.15) is 0 Å². The molecule has 29 heavy (non-hydrogen) atoms. The molecule has 0 bridgehead atoms. The molecule has 1 amide bonds. The highest BCUT2D eigenvalue weighted by Crippen LogP contribution is 2.33. The molecule has 2 aliphatic rings. The summed E-state index contributed by atoms with van der Waals surface area (Å²) in [6.07, 6.45) is -2.27. The molecule has 0 radical (unpaired) electrons. The van der Waals surface area contributed by atoms with Gasteiger partial charge in [-0.2, -0.15) is 13.2 Å². The maximum Gasteiger partial charge on any atom is 0.490 e. The largest absolute Gasteiger partial charge is 0.490 e. The van der Waals surface area contributed by atoms with Crippen molar-refractivity contribution >= 4 is 23.2 Å². The topological polar surface area (TPSA) is 70.1 Å². The van der Waals surface area contributed by atoms with E-state index < -0.39 is 12.1 Å². The van der Waals surface area contributed by atoms with Gasteiger partial charge in [0.2, 0.25) is 5.91 Å². The Kier molecular flexibility index (Phi) is 8.47. The van der Waals surface area contributed by atoms with E-state index in [-0.39, 0.29) is 11.3 Å². The SMILES string of the molecule is CCN1CCOCC2(CCCN(C(=O)Cc3cccs3)C2)C1.O=C(O)C(F)(F)F. The Bertz CT molecular complexity index is 669. The van der Waals surface area contributed by atoms with E-state index in [1.165, 1.54) is 6.42 Å². The second-order valence-electron chi connectivity index (χ2n) is 7.40. The van der Waals surface area contributed by atoms with Gasteiger partial charge in [0.15, 0.2) is 0 Å². The van der Waals surface area contributed by atoms with Gasteiger partial charge in [-0.3, -0.25) is 4.79 Å². The van der Waals surface area contributed by atoms with Crippen molar-refractivity contribution in [3.63, 3.8) is 0 Å². The number of amides is 1. The van der Waals surface area contributed by atoms with Crippen LogP contribution in [0.15, 0.2) is 17.5 Å². The molecule has 3 rings (SSSR count). The van der Waals surface area contributed by atoms with E-state index in [0.29, 0.717) is 6.42 Å². The van der Waals surface area contributed by atoms with E-state index in [9.17, 15) is 18.0 Å². The molecule has 1 atom stereocenters. The third-order valence-electron chi connectivity index (χ3n) is 5.13. The van der Waals surface area contributed by atoms with Gasteiger partial charge in [-0.15, -0.1) is 11.3 Å². The van der Waals surface area contributed by atoms with Gasteiger partial charge in [0, 0.05) is 36.5 Å². The molecule has 6 nitrogen and oxygen atoms in total. The first-order valence-corrected chi connectivity index (χ1v) is 10.4. The predicted molar refractivity (Wildman–Crippen MR) is 103 cm³/mol. The summed E-state index contributed by atoms with van der Waals surface area (Å²) in [6, 6.07) is 4.07. The molecule has 2 aliphatic heterocycles. The van der Waals surface area contributed by atoms with Crippen LogP contribution in [0.1, 0.15) is 24.6 Å². The zero-order valence-electron chi connectivity index (χ0n) is 16.4. The molecule has 1 aromatic heterocycles. The number of hydrogen-bond acceptors (Lipinski definition) is 5. The van der Waals surface area contributed by atoms with E-state index in [1.54, 1.807) is 11.3 Å². The van der Waals surface area contributed by atoms with Crippen LogP contribution >= 0.6 is 11.3 Å². The number of nitrogens with zero attached hydrogens (tertiary/aromatic N) is 2. The fourth-order valence-electron chi connectivity index (χ4n) is 3.69. The number of ether oxygens (including phenoxy) is 1. The normalized spacial score (nSPS) is 23.2. The number of rotatable bonds is 3. The standard InChI is InChI=1S/C17H26N2O2S.C2HF3O2/c1-2-18-8-9-21-14-17(12-18)6-4-7-19(13-17)16(20)11-15-5-3-10-22-15;3-2(4,5)1(6)7/h3,5,10H,2,4,6-9,11-14H2,1H3;(H,6,7). The highest BCUT2D eigenvalue weighted by molar-refractivity contribution is 7.10. The Morgan fingerprint density at radius 1 is 1.31 bits per heavy atom. The molecule has 2 saturated heterocycles. The zero-order chi connectivity index (χ0) is 21.5. The molecule has 0 saturated carbocycles. The molecular formula is C19H27F3N2O4S. The smallest absolute Gasteiger partial charge is 0.475 e. The quantitative estimate of drug-likeness (QED) is 0.789. The van der Waals surface area contributed by atoms with Crippen LogP contribution in [0.5, 0.6) is 0 Å². The third kappa shape index (κ3) is 7.27. The molecule has 1 spiro atoms. The fourth-order valence-corrected chi connectivity index (χ4v) is 4.39. The summed E-state index contributed by atoms with van der Waals surface area (Å²) in [6.45, 7) is 8.72. The van der Waals surface area contributed by atoms with Crippen LogP contribution in [0.25, 0.3) is 0 Å². The minimum Gasteiger partial charge on any atom is -0.475 e. The van der Waals surface area contributed by atoms with E-state index in [2.05, 4.69) is 22.8 Å². The number of carboxylic acid groups (broad SMARTS) is 1. The Morgan fingerprint density at radius 3 is 2.62 bits per heavy atom. The average Bonchev–Trinajstić information content (AvgIpc) is 3.09. The van der Waals surface area contributed by atoms with E-state index in [0.717, 1.165) is 57.2 Å². The van der Waals surface area contributed by atoms with Crippen LogP contribution in [-0.4, -0.2) is 78.9 Å². The van der Waals surface area contributed by atoms with E-state index in [4.69, 9.17) is 14.6 Å². The van der Waals surface area contributed by atoms with Crippen molar-refractivity contribution in [3.8, 4) is 0 Å². The molecule has 1 unspecified atom stereocenters. The van der Waals surface area contributed by atoms with Crippen molar-refractivity contribution in [2.24, 2.45) is 5.41 Å². The number of halogens is 3. The summed E-state index contributed by atoms with van der Waals surface area (Å²) in [5.74, 6) is -2.48. The minimum atomic E-state index is -5.08. The molecule has 0 aliphatic carbocycles. The lowest BCUT2D eigenvalue weighted by molar-refractivity contribution is -0.192. The van der Waals surface area contributed by atoms with Gasteiger partial charge in [-0.25, -0.2) is 4.79 Å². The molecule has 1 N–H and O–H groups in total. The Morgan fingerprint density at radius 2 is 2.03 bits per heavy atom. The number of alkyl halides is 3. The first kappa shape index (κ1) is 23.6. The van der Waals surface area contributed by atoms with Crippen molar-refractivity contribution in [2.75, 3.05) is 45.9 Å².